The summed E-state index contributed by atoms with van der Waals surface area (Å²) in [5.41, 5.74) is 0. The van der Waals surface area contributed by atoms with Crippen LogP contribution in [-0.2, 0) is 0 Å². The molecule has 6 nitrogen and oxygen atoms in total. The summed E-state index contributed by atoms with van der Waals surface area (Å²) in [6.45, 7) is 0. The molecule has 18 heavy (non-hydrogen) atoms. The van der Waals surface area contributed by atoms with Crippen LogP contribution in [0.15, 0.2) is 20.0 Å². The van der Waals surface area contributed by atoms with Crippen molar-refractivity contribution < 1.29 is 4.74 Å². The zero-order chi connectivity index (χ0) is 13.0. The fourth-order valence-electron chi connectivity index (χ4n) is 1.20. The van der Waals surface area contributed by atoms with Gasteiger partial charge < -0.3 is 10.1 Å². The Bertz CT molecular complexity index is 533. The summed E-state index contributed by atoms with van der Waals surface area (Å²) < 4.78 is 7.08. The molecule has 0 saturated heterocycles. The van der Waals surface area contributed by atoms with Crippen LogP contribution in [0.2, 0.25) is 0 Å². The summed E-state index contributed by atoms with van der Waals surface area (Å²) in [5.74, 6) is 1.27. The van der Waals surface area contributed by atoms with Crippen molar-refractivity contribution in [3.8, 4) is 5.75 Å². The highest BCUT2D eigenvalue weighted by Crippen LogP contribution is 2.38. The summed E-state index contributed by atoms with van der Waals surface area (Å²) >= 11 is 4.52. The van der Waals surface area contributed by atoms with E-state index < -0.39 is 0 Å². The summed E-state index contributed by atoms with van der Waals surface area (Å²) in [5, 5.41) is 11.8. The molecule has 0 bridgehead atoms. The van der Waals surface area contributed by atoms with Gasteiger partial charge in [-0.3, -0.25) is 0 Å². The van der Waals surface area contributed by atoms with Gasteiger partial charge in [0.15, 0.2) is 25.3 Å². The summed E-state index contributed by atoms with van der Waals surface area (Å²) in [6.07, 6.45) is 3.46. The summed E-state index contributed by atoms with van der Waals surface area (Å²) in [7, 11) is 3.38. The average Bonchev–Trinajstić information content (AvgIpc) is 2.86. The predicted molar refractivity (Wildman–Crippen MR) is 73.9 cm³/mol. The van der Waals surface area contributed by atoms with Crippen LogP contribution in [0.5, 0.6) is 5.75 Å². The van der Waals surface area contributed by atoms with Crippen molar-refractivity contribution in [2.24, 2.45) is 0 Å². The molecule has 0 radical (unpaired) electrons. The molecule has 2 rings (SSSR count). The molecule has 9 heteroatoms. The maximum atomic E-state index is 5.32. The van der Waals surface area contributed by atoms with E-state index in [-0.39, 0.29) is 0 Å². The molecule has 2 heterocycles. The van der Waals surface area contributed by atoms with Gasteiger partial charge in [0.1, 0.15) is 6.33 Å². The van der Waals surface area contributed by atoms with Crippen LogP contribution in [0.1, 0.15) is 0 Å². The maximum Gasteiger partial charge on any atom is 0.194 e. The van der Waals surface area contributed by atoms with Crippen LogP contribution in [0.25, 0.3) is 0 Å². The third kappa shape index (κ3) is 2.85. The number of aromatic nitrogens is 4. The first kappa shape index (κ1) is 13.4. The van der Waals surface area contributed by atoms with E-state index in [0.717, 1.165) is 13.7 Å². The molecular weight excluding hydrogens is 290 g/mol. The Morgan fingerprint density at radius 2 is 2.06 bits per heavy atom. The average molecular weight is 301 g/mol. The van der Waals surface area contributed by atoms with Crippen molar-refractivity contribution in [2.75, 3.05) is 25.7 Å². The Morgan fingerprint density at radius 3 is 2.67 bits per heavy atom. The third-order valence-corrected chi connectivity index (χ3v) is 4.89. The molecule has 0 atom stereocenters. The maximum absolute atomic E-state index is 5.32. The lowest BCUT2D eigenvalue weighted by atomic mass is 10.5. The highest BCUT2D eigenvalue weighted by Gasteiger charge is 2.14. The van der Waals surface area contributed by atoms with Gasteiger partial charge in [-0.25, -0.2) is 9.97 Å². The van der Waals surface area contributed by atoms with Gasteiger partial charge in [0.25, 0.3) is 0 Å². The van der Waals surface area contributed by atoms with Gasteiger partial charge in [0.05, 0.1) is 7.11 Å². The van der Waals surface area contributed by atoms with Gasteiger partial charge in [0, 0.05) is 7.05 Å². The molecule has 0 unspecified atom stereocenters. The second-order valence-corrected chi connectivity index (χ2v) is 6.22. The molecule has 1 N–H and O–H groups in total. The number of rotatable bonds is 5. The quantitative estimate of drug-likeness (QED) is 0.666. The topological polar surface area (TPSA) is 72.8 Å². The highest BCUT2D eigenvalue weighted by molar-refractivity contribution is 8.03. The lowest BCUT2D eigenvalue weighted by Crippen LogP contribution is -1.99. The molecule has 96 valence electrons. The van der Waals surface area contributed by atoms with E-state index in [1.165, 1.54) is 29.4 Å². The van der Waals surface area contributed by atoms with Crippen LogP contribution in [0.4, 0.5) is 5.82 Å². The standard InChI is InChI=1S/C9H11N5OS3/c1-10-6-5(15-2)7(12-4-11-6)17-9-14-13-8(16-3)18-9/h4H,1-3H3,(H,10,11,12). The Kier molecular flexibility index (Phi) is 4.61. The first-order valence-corrected chi connectivity index (χ1v) is 7.76. The molecule has 0 aliphatic heterocycles. The lowest BCUT2D eigenvalue weighted by molar-refractivity contribution is 0.400. The first-order chi connectivity index (χ1) is 8.78. The number of hydrogen-bond acceptors (Lipinski definition) is 9. The van der Waals surface area contributed by atoms with Gasteiger partial charge in [-0.05, 0) is 18.0 Å². The number of thioether (sulfide) groups is 1. The number of ether oxygens (including phenoxy) is 1. The van der Waals surface area contributed by atoms with Gasteiger partial charge in [-0.15, -0.1) is 10.2 Å². The van der Waals surface area contributed by atoms with Crippen molar-refractivity contribution in [3.63, 3.8) is 0 Å². The summed E-state index contributed by atoms with van der Waals surface area (Å²) in [4.78, 5) is 8.30. The molecule has 0 fully saturated rings. The van der Waals surface area contributed by atoms with Crippen LogP contribution in [-0.4, -0.2) is 40.6 Å². The van der Waals surface area contributed by atoms with Crippen LogP contribution >= 0.6 is 34.9 Å². The van der Waals surface area contributed by atoms with Crippen molar-refractivity contribution in [1.82, 2.24) is 20.2 Å². The normalized spacial score (nSPS) is 10.4. The Morgan fingerprint density at radius 1 is 1.28 bits per heavy atom. The van der Waals surface area contributed by atoms with E-state index >= 15 is 0 Å². The Balaban J connectivity index is 2.28. The minimum Gasteiger partial charge on any atom is -0.490 e. The lowest BCUT2D eigenvalue weighted by Gasteiger charge is -2.09. The molecular formula is C9H11N5OS3. The monoisotopic (exact) mass is 301 g/mol. The molecule has 0 amide bonds. The number of anilines is 1. The van der Waals surface area contributed by atoms with Gasteiger partial charge in [0.2, 0.25) is 0 Å². The zero-order valence-electron chi connectivity index (χ0n) is 10.00. The Labute approximate surface area is 117 Å². The fraction of sp³-hybridized carbons (Fsp3) is 0.333. The minimum atomic E-state index is 0.617. The molecule has 0 spiro atoms. The van der Waals surface area contributed by atoms with E-state index in [2.05, 4.69) is 25.5 Å². The zero-order valence-corrected chi connectivity index (χ0v) is 12.4. The number of nitrogens with one attached hydrogen (secondary N) is 1. The number of nitrogens with zero attached hydrogens (tertiary/aromatic N) is 4. The van der Waals surface area contributed by atoms with E-state index in [9.17, 15) is 0 Å². The van der Waals surface area contributed by atoms with E-state index in [1.807, 2.05) is 6.26 Å². The largest absolute Gasteiger partial charge is 0.490 e. The van der Waals surface area contributed by atoms with Gasteiger partial charge in [-0.1, -0.05) is 23.1 Å². The Hall–Kier alpha value is -1.06. The fourth-order valence-corrected chi connectivity index (χ4v) is 3.62. The predicted octanol–water partition coefficient (Wildman–Crippen LogP) is 2.25. The van der Waals surface area contributed by atoms with Crippen molar-refractivity contribution >= 4 is 40.7 Å². The first-order valence-electron chi connectivity index (χ1n) is 4.90. The second-order valence-electron chi connectivity index (χ2n) is 2.95. The smallest absolute Gasteiger partial charge is 0.194 e. The molecule has 2 aromatic rings. The van der Waals surface area contributed by atoms with Gasteiger partial charge in [-0.2, -0.15) is 0 Å². The van der Waals surface area contributed by atoms with Crippen molar-refractivity contribution in [2.45, 2.75) is 13.7 Å². The second kappa shape index (κ2) is 6.21. The molecule has 0 aromatic carbocycles. The number of methoxy groups -OCH3 is 1. The van der Waals surface area contributed by atoms with Gasteiger partial charge >= 0.3 is 0 Å². The SMILES string of the molecule is CNc1ncnc(Sc2nnc(SC)s2)c1OC. The van der Waals surface area contributed by atoms with Crippen molar-refractivity contribution in [1.29, 1.82) is 0 Å². The highest BCUT2D eigenvalue weighted by atomic mass is 32.2. The van der Waals surface area contributed by atoms with Crippen LogP contribution < -0.4 is 10.1 Å². The molecule has 2 aromatic heterocycles. The van der Waals surface area contributed by atoms with E-state index in [4.69, 9.17) is 4.74 Å². The molecule has 0 saturated carbocycles. The van der Waals surface area contributed by atoms with Crippen LogP contribution in [0, 0.1) is 0 Å². The molecule has 0 aliphatic carbocycles. The summed E-state index contributed by atoms with van der Waals surface area (Å²) in [6, 6.07) is 0. The van der Waals surface area contributed by atoms with E-state index in [1.54, 1.807) is 25.9 Å². The van der Waals surface area contributed by atoms with Crippen molar-refractivity contribution in [3.05, 3.63) is 6.33 Å². The number of hydrogen-bond donors (Lipinski definition) is 1. The minimum absolute atomic E-state index is 0.617. The third-order valence-electron chi connectivity index (χ3n) is 1.96. The molecule has 0 aliphatic rings. The van der Waals surface area contributed by atoms with E-state index in [0.29, 0.717) is 11.6 Å². The van der Waals surface area contributed by atoms with Crippen LogP contribution in [0.3, 0.4) is 0 Å².